The third-order valence-corrected chi connectivity index (χ3v) is 1.46. The topological polar surface area (TPSA) is 90.7 Å². The van der Waals surface area contributed by atoms with Crippen molar-refractivity contribution in [3.63, 3.8) is 0 Å². The fraction of sp³-hybridized carbons (Fsp3) is 0.125. The molecule has 84 valence electrons. The van der Waals surface area contributed by atoms with Crippen molar-refractivity contribution in [3.05, 3.63) is 40.4 Å². The number of nitro groups is 1. The van der Waals surface area contributed by atoms with Gasteiger partial charge in [-0.3, -0.25) is 14.9 Å². The quantitative estimate of drug-likeness (QED) is 0.443. The average molecular weight is 224 g/mol. The van der Waals surface area contributed by atoms with Crippen LogP contribution in [0.1, 0.15) is 6.92 Å². The number of rotatable bonds is 5. The summed E-state index contributed by atoms with van der Waals surface area (Å²) in [5, 5.41) is 10.5. The summed E-state index contributed by atoms with van der Waals surface area (Å²) in [6.07, 6.45) is 0. The Kier molecular flexibility index (Phi) is 4.28. The van der Waals surface area contributed by atoms with Crippen molar-refractivity contribution in [2.24, 2.45) is 0 Å². The Hall–Kier alpha value is -2.09. The number of hydrogen-bond acceptors (Lipinski definition) is 5. The number of carbonyl (C=O) groups excluding carboxylic acids is 1. The highest BCUT2D eigenvalue weighted by molar-refractivity contribution is 6.35. The summed E-state index contributed by atoms with van der Waals surface area (Å²) in [7, 11) is -1.77. The second-order valence-electron chi connectivity index (χ2n) is 2.80. The van der Waals surface area contributed by atoms with Gasteiger partial charge in [0.05, 0.1) is 0 Å². The molecule has 1 aromatic rings. The lowest BCUT2D eigenvalue weighted by Crippen LogP contribution is -2.41. The number of hydrogen-bond donors (Lipinski definition) is 1. The Bertz CT molecular complexity index is 372. The number of amides is 1. The fourth-order valence-corrected chi connectivity index (χ4v) is 0.859. The van der Waals surface area contributed by atoms with Crippen LogP contribution >= 0.6 is 0 Å². The van der Waals surface area contributed by atoms with Gasteiger partial charge in [-0.1, -0.05) is 18.2 Å². The summed E-state index contributed by atoms with van der Waals surface area (Å²) in [6, 6.07) is 8.12. The van der Waals surface area contributed by atoms with Crippen molar-refractivity contribution in [1.82, 2.24) is 5.48 Å². The second kappa shape index (κ2) is 5.71. The van der Waals surface area contributed by atoms with Gasteiger partial charge in [-0.2, -0.15) is 0 Å². The molecule has 0 aliphatic heterocycles. The third-order valence-electron chi connectivity index (χ3n) is 1.46. The van der Waals surface area contributed by atoms with Crippen molar-refractivity contribution in [2.45, 2.75) is 6.92 Å². The zero-order valence-electron chi connectivity index (χ0n) is 8.45. The summed E-state index contributed by atoms with van der Waals surface area (Å²) in [5.41, 5.74) is 1.84. The lowest BCUT2D eigenvalue weighted by atomic mass is 10.1. The number of nitrogens with one attached hydrogen (secondary N) is 1. The summed E-state index contributed by atoms with van der Waals surface area (Å²) in [6.45, 7) is 1.17. The van der Waals surface area contributed by atoms with E-state index < -0.39 is 18.0 Å². The van der Waals surface area contributed by atoms with Gasteiger partial charge in [0.25, 0.3) is 0 Å². The largest absolute Gasteiger partial charge is 0.998 e. The molecule has 0 bridgehead atoms. The van der Waals surface area contributed by atoms with Gasteiger partial charge in [0.15, 0.2) is 0 Å². The standard InChI is InChI=1S/C8H9BN2O5/c1-7(12)10-16-9(11(13)14)15-8-5-3-2-4-6-8/h2-6H,1H3,(H,10,12). The highest BCUT2D eigenvalue weighted by atomic mass is 16.8. The highest BCUT2D eigenvalue weighted by Gasteiger charge is 2.44. The van der Waals surface area contributed by atoms with Crippen LogP contribution in [-0.2, 0) is 9.55 Å². The minimum absolute atomic E-state index is 0.273. The lowest BCUT2D eigenvalue weighted by molar-refractivity contribution is -0.370. The lowest BCUT2D eigenvalue weighted by Gasteiger charge is -2.06. The number of carbonyl (C=O) groups is 1. The normalized spacial score (nSPS) is 9.31. The van der Waals surface area contributed by atoms with Gasteiger partial charge in [0, 0.05) is 11.8 Å². The zero-order valence-corrected chi connectivity index (χ0v) is 8.45. The van der Waals surface area contributed by atoms with Gasteiger partial charge in [-0.15, -0.1) is 0 Å². The smallest absolute Gasteiger partial charge is 0.470 e. The highest BCUT2D eigenvalue weighted by Crippen LogP contribution is 2.09. The number of nitrogens with zero attached hydrogens (tertiary/aromatic N) is 1. The first kappa shape index (κ1) is 12.0. The van der Waals surface area contributed by atoms with Crippen LogP contribution in [0.15, 0.2) is 30.3 Å². The maximum Gasteiger partial charge on any atom is 0.998 e. The van der Waals surface area contributed by atoms with Gasteiger partial charge in [-0.25, -0.2) is 10.2 Å². The molecule has 0 heterocycles. The SMILES string of the molecule is CC(=O)NOB(Oc1ccccc1)[N+](=O)[O-]. The molecule has 1 amide bonds. The van der Waals surface area contributed by atoms with E-state index in [2.05, 4.69) is 4.76 Å². The first-order chi connectivity index (χ1) is 7.59. The van der Waals surface area contributed by atoms with Crippen LogP contribution in [0.2, 0.25) is 0 Å². The minimum Gasteiger partial charge on any atom is -0.470 e. The van der Waals surface area contributed by atoms with Crippen LogP contribution < -0.4 is 10.1 Å². The molecular weight excluding hydrogens is 215 g/mol. The molecule has 1 N–H and O–H groups in total. The molecule has 7 nitrogen and oxygen atoms in total. The molecule has 8 heteroatoms. The molecule has 1 rings (SSSR count). The molecule has 0 radical (unpaired) electrons. The second-order valence-corrected chi connectivity index (χ2v) is 2.80. The molecule has 0 spiro atoms. The van der Waals surface area contributed by atoms with Crippen LogP contribution in [0.3, 0.4) is 0 Å². The first-order valence-corrected chi connectivity index (χ1v) is 4.37. The van der Waals surface area contributed by atoms with E-state index in [4.69, 9.17) is 4.65 Å². The van der Waals surface area contributed by atoms with Gasteiger partial charge in [0.2, 0.25) is 5.91 Å². The molecule has 1 aromatic carbocycles. The molecule has 0 saturated carbocycles. The summed E-state index contributed by atoms with van der Waals surface area (Å²) < 4.78 is 9.34. The Morgan fingerprint density at radius 1 is 1.44 bits per heavy atom. The molecule has 0 aromatic heterocycles. The van der Waals surface area contributed by atoms with E-state index >= 15 is 0 Å². The van der Waals surface area contributed by atoms with E-state index in [0.29, 0.717) is 0 Å². The number of para-hydroxylation sites is 1. The molecule has 0 aliphatic carbocycles. The van der Waals surface area contributed by atoms with Gasteiger partial charge >= 0.3 is 7.25 Å². The molecule has 0 aliphatic rings. The molecule has 16 heavy (non-hydrogen) atoms. The van der Waals surface area contributed by atoms with E-state index in [1.165, 1.54) is 19.1 Å². The van der Waals surface area contributed by atoms with Gasteiger partial charge in [-0.05, 0) is 12.1 Å². The van der Waals surface area contributed by atoms with Crippen LogP contribution in [0, 0.1) is 10.1 Å². The van der Waals surface area contributed by atoms with Crippen LogP contribution in [-0.4, -0.2) is 18.0 Å². The van der Waals surface area contributed by atoms with Crippen molar-refractivity contribution >= 4 is 13.2 Å². The fourth-order valence-electron chi connectivity index (χ4n) is 0.859. The zero-order chi connectivity index (χ0) is 12.0. The van der Waals surface area contributed by atoms with Crippen LogP contribution in [0.5, 0.6) is 5.75 Å². The predicted molar refractivity (Wildman–Crippen MR) is 54.7 cm³/mol. The van der Waals surface area contributed by atoms with Crippen molar-refractivity contribution < 1.29 is 19.0 Å². The van der Waals surface area contributed by atoms with Crippen LogP contribution in [0.4, 0.5) is 0 Å². The molecule has 0 unspecified atom stereocenters. The number of hydroxylamine groups is 1. The predicted octanol–water partition coefficient (Wildman–Crippen LogP) is 0.395. The minimum atomic E-state index is -1.77. The molecule has 0 atom stereocenters. The maximum atomic E-state index is 10.5. The average Bonchev–Trinajstić information content (AvgIpc) is 2.25. The van der Waals surface area contributed by atoms with Gasteiger partial charge in [0.1, 0.15) is 5.75 Å². The van der Waals surface area contributed by atoms with Crippen molar-refractivity contribution in [3.8, 4) is 5.75 Å². The molecule has 0 saturated heterocycles. The summed E-state index contributed by atoms with van der Waals surface area (Å²) in [4.78, 5) is 20.2. The Balaban J connectivity index is 2.58. The van der Waals surface area contributed by atoms with E-state index in [9.17, 15) is 14.9 Å². The Morgan fingerprint density at radius 3 is 2.56 bits per heavy atom. The van der Waals surface area contributed by atoms with Crippen molar-refractivity contribution in [2.75, 3.05) is 0 Å². The van der Waals surface area contributed by atoms with Crippen molar-refractivity contribution in [1.29, 1.82) is 0 Å². The Morgan fingerprint density at radius 2 is 2.06 bits per heavy atom. The van der Waals surface area contributed by atoms with Crippen LogP contribution in [0.25, 0.3) is 0 Å². The first-order valence-electron chi connectivity index (χ1n) is 4.37. The van der Waals surface area contributed by atoms with E-state index in [0.717, 1.165) is 0 Å². The molecule has 0 fully saturated rings. The summed E-state index contributed by atoms with van der Waals surface area (Å²) in [5.74, 6) is -0.280. The van der Waals surface area contributed by atoms with Gasteiger partial charge < -0.3 is 4.65 Å². The monoisotopic (exact) mass is 224 g/mol. The van der Waals surface area contributed by atoms with E-state index in [1.807, 2.05) is 5.48 Å². The maximum absolute atomic E-state index is 10.5. The third kappa shape index (κ3) is 3.97. The Labute approximate surface area is 91.6 Å². The molecular formula is C8H9BN2O5. The van der Waals surface area contributed by atoms with E-state index in [1.54, 1.807) is 18.2 Å². The van der Waals surface area contributed by atoms with E-state index in [-0.39, 0.29) is 5.75 Å². The summed E-state index contributed by atoms with van der Waals surface area (Å²) >= 11 is 0. The number of benzene rings is 1.